The van der Waals surface area contributed by atoms with Gasteiger partial charge in [0.2, 0.25) is 70.9 Å². The van der Waals surface area contributed by atoms with E-state index >= 15 is 9.59 Å². The summed E-state index contributed by atoms with van der Waals surface area (Å²) in [7, 11) is 0. The fraction of sp³-hybridized carbons (Fsp3) is 0.714. The molecule has 2 fully saturated rings. The SMILES string of the molecule is C/C=C1\NC(=O)[C@H](Cc2ccccc2)NC(=O)[C@@H](C(C)C)NC(=O)[C@@H]([C@H](C)CC)NC(=O)[C@H](NC(=O)[C@H](NC(=O)[C@H](CCCN)NC(=O)[C@H]2CCCN2C(=O)[C@H](NC(=O)[C@@H](NC(=O)[C@H](CC(C)C)NC(=O)[C@H](NC(=O)CCCC(C)C)C(C)C)C(C)C)C(C)C)[C@H](C)CC)[C@H](C)OC(=O)[C@H](C(C)C)NC1=O. The molecule has 0 unspecified atom stereocenters. The van der Waals surface area contributed by atoms with E-state index in [0.29, 0.717) is 30.7 Å². The molecule has 2 aliphatic heterocycles. The molecule has 3 rings (SSSR count). The minimum Gasteiger partial charge on any atom is -0.458 e. The highest BCUT2D eigenvalue weighted by Gasteiger charge is 2.44. The smallest absolute Gasteiger partial charge is 0.329 e. The molecule has 29 heteroatoms. The van der Waals surface area contributed by atoms with Crippen molar-refractivity contribution in [2.24, 2.45) is 59.0 Å². The highest BCUT2D eigenvalue weighted by molar-refractivity contribution is 6.03. The minimum absolute atomic E-state index is 0.0313. The Kier molecular flexibility index (Phi) is 38.6. The lowest BCUT2D eigenvalue weighted by atomic mass is 9.95. The first-order chi connectivity index (χ1) is 49.7. The zero-order valence-electron chi connectivity index (χ0n) is 66.5. The summed E-state index contributed by atoms with van der Waals surface area (Å²) in [4.78, 5) is 203. The highest BCUT2D eigenvalue weighted by atomic mass is 16.5. The van der Waals surface area contributed by atoms with E-state index in [2.05, 4.69) is 77.6 Å². The van der Waals surface area contributed by atoms with Gasteiger partial charge in [-0.15, -0.1) is 0 Å². The molecule has 106 heavy (non-hydrogen) atoms. The zero-order chi connectivity index (χ0) is 80.1. The number of hydrogen-bond donors (Lipinski definition) is 13. The van der Waals surface area contributed by atoms with Gasteiger partial charge in [0.05, 0.1) is 0 Å². The fourth-order valence-electron chi connectivity index (χ4n) is 12.5. The molecule has 14 N–H and O–H groups in total. The molecule has 0 saturated carbocycles. The van der Waals surface area contributed by atoms with Gasteiger partial charge < -0.3 is 79.2 Å². The number of benzene rings is 1. The van der Waals surface area contributed by atoms with Gasteiger partial charge in [-0.1, -0.05) is 180 Å². The van der Waals surface area contributed by atoms with E-state index in [1.54, 1.807) is 127 Å². The van der Waals surface area contributed by atoms with E-state index in [1.165, 1.54) is 24.8 Å². The van der Waals surface area contributed by atoms with Crippen molar-refractivity contribution in [3.05, 3.63) is 47.7 Å². The summed E-state index contributed by atoms with van der Waals surface area (Å²) in [6.45, 7) is 34.7. The quantitative estimate of drug-likeness (QED) is 0.0347. The number of rotatable bonds is 34. The number of hydrogen-bond acceptors (Lipinski definition) is 16. The monoisotopic (exact) mass is 1490 g/mol. The van der Waals surface area contributed by atoms with Crippen molar-refractivity contribution in [1.82, 2.24) is 68.7 Å². The highest BCUT2D eigenvalue weighted by Crippen LogP contribution is 2.23. The summed E-state index contributed by atoms with van der Waals surface area (Å²) < 4.78 is 5.97. The number of cyclic esters (lactones) is 1. The predicted octanol–water partition coefficient (Wildman–Crippen LogP) is 3.50. The van der Waals surface area contributed by atoms with Crippen LogP contribution in [0.25, 0.3) is 0 Å². The summed E-state index contributed by atoms with van der Waals surface area (Å²) >= 11 is 0. The van der Waals surface area contributed by atoms with Crippen LogP contribution in [0.3, 0.4) is 0 Å². The van der Waals surface area contributed by atoms with Gasteiger partial charge in [0.15, 0.2) is 0 Å². The average Bonchev–Trinajstić information content (AvgIpc) is 1.58. The zero-order valence-corrected chi connectivity index (χ0v) is 66.5. The lowest BCUT2D eigenvalue weighted by Gasteiger charge is -2.33. The van der Waals surface area contributed by atoms with Crippen LogP contribution in [0.5, 0.6) is 0 Å². The van der Waals surface area contributed by atoms with Crippen LogP contribution in [0.1, 0.15) is 208 Å². The Morgan fingerprint density at radius 2 is 1.14 bits per heavy atom. The molecule has 15 atom stereocenters. The minimum atomic E-state index is -1.82. The third-order valence-corrected chi connectivity index (χ3v) is 19.5. The standard InChI is InChI=1S/C77H128N14O15/c1-21-47(18)62(74(102)90-64-49(20)106-77(105)61(46(16)17)87-65(93)51(23-3)79-67(95)54(39-50-31-25-24-26-32-50)82-71(99)58(43(10)11)85-73(101)63(48(19)22-2)89-75(64)103)88-66(94)52(33-28-36-78)80-69(97)55-34-29-37-91(55)76(104)60(45(14)15)86-72(100)59(44(12)13)84-68(96)53(38-41(6)7)81-70(98)57(42(8)9)83-56(92)35-27-30-40(4)5/h23-26,31-32,40-49,52-55,57-64H,21-22,27-30,33-39,78H2,1-20H3,(H,79,95)(H,80,97)(H,81,98)(H,82,99)(H,83,92)(H,84,96)(H,85,101)(H,86,100)(H,87,93)(H,88,94)(H,89,103)(H,90,102)/b51-23-/t47-,48-,49+,52+,53+,54+,55-,57-,58-,59+,60-,61+,62-,63-,64-/m1/s1. The van der Waals surface area contributed by atoms with Crippen LogP contribution in [0.15, 0.2) is 42.1 Å². The summed E-state index contributed by atoms with van der Waals surface area (Å²) in [5, 5.41) is 33.1. The molecule has 0 aromatic heterocycles. The van der Waals surface area contributed by atoms with E-state index < -0.39 is 191 Å². The lowest BCUT2D eigenvalue weighted by Crippen LogP contribution is -2.64. The van der Waals surface area contributed by atoms with Crippen LogP contribution in [0.2, 0.25) is 0 Å². The second kappa shape index (κ2) is 44.6. The first kappa shape index (κ1) is 91.7. The molecule has 13 amide bonds. The van der Waals surface area contributed by atoms with Crippen LogP contribution < -0.4 is 69.5 Å². The average molecular weight is 1490 g/mol. The number of carbonyl (C=O) groups excluding carboxylic acids is 14. The Labute approximate surface area is 628 Å². The van der Waals surface area contributed by atoms with Crippen molar-refractivity contribution < 1.29 is 71.9 Å². The lowest BCUT2D eigenvalue weighted by molar-refractivity contribution is -0.157. The summed E-state index contributed by atoms with van der Waals surface area (Å²) in [5.41, 5.74) is 6.37. The number of allylic oxidation sites excluding steroid dienone is 1. The molecule has 0 aliphatic carbocycles. The van der Waals surface area contributed by atoms with Gasteiger partial charge in [0, 0.05) is 19.4 Å². The molecular formula is C77H128N14O15. The van der Waals surface area contributed by atoms with Crippen molar-refractivity contribution in [2.75, 3.05) is 13.1 Å². The first-order valence-corrected chi connectivity index (χ1v) is 38.3. The predicted molar refractivity (Wildman–Crippen MR) is 403 cm³/mol. The van der Waals surface area contributed by atoms with Gasteiger partial charge in [-0.3, -0.25) is 62.3 Å². The Balaban J connectivity index is 2.00. The number of amides is 13. The second-order valence-electron chi connectivity index (χ2n) is 31.1. The van der Waals surface area contributed by atoms with E-state index in [4.69, 9.17) is 10.5 Å². The van der Waals surface area contributed by atoms with Gasteiger partial charge in [0.25, 0.3) is 5.91 Å². The Morgan fingerprint density at radius 3 is 1.69 bits per heavy atom. The Bertz CT molecular complexity index is 3180. The number of nitrogens with zero attached hydrogens (tertiary/aromatic N) is 1. The maximum absolute atomic E-state index is 15.1. The number of esters is 1. The molecule has 2 heterocycles. The topological polar surface area (TPSA) is 422 Å². The van der Waals surface area contributed by atoms with Gasteiger partial charge in [-0.25, -0.2) is 4.79 Å². The third-order valence-electron chi connectivity index (χ3n) is 19.5. The van der Waals surface area contributed by atoms with Crippen LogP contribution in [-0.4, -0.2) is 179 Å². The van der Waals surface area contributed by atoms with Crippen LogP contribution in [0.4, 0.5) is 0 Å². The van der Waals surface area contributed by atoms with Gasteiger partial charge in [0.1, 0.15) is 84.3 Å². The van der Waals surface area contributed by atoms with Crippen molar-refractivity contribution in [3.63, 3.8) is 0 Å². The maximum atomic E-state index is 15.1. The number of nitrogens with one attached hydrogen (secondary N) is 12. The van der Waals surface area contributed by atoms with Crippen LogP contribution in [0, 0.1) is 53.3 Å². The van der Waals surface area contributed by atoms with Crippen molar-refractivity contribution in [2.45, 2.75) is 288 Å². The molecule has 29 nitrogen and oxygen atoms in total. The van der Waals surface area contributed by atoms with Crippen LogP contribution >= 0.6 is 0 Å². The molecule has 0 bridgehead atoms. The second-order valence-corrected chi connectivity index (χ2v) is 31.1. The number of ether oxygens (including phenoxy) is 1. The molecule has 596 valence electrons. The first-order valence-electron chi connectivity index (χ1n) is 38.3. The summed E-state index contributed by atoms with van der Waals surface area (Å²) in [5.74, 6) is -14.2. The summed E-state index contributed by atoms with van der Waals surface area (Å²) in [6, 6.07) is -6.81. The summed E-state index contributed by atoms with van der Waals surface area (Å²) in [6.07, 6.45) is 2.92. The van der Waals surface area contributed by atoms with E-state index in [1.807, 2.05) is 13.8 Å². The van der Waals surface area contributed by atoms with E-state index in [9.17, 15) is 57.5 Å². The van der Waals surface area contributed by atoms with Crippen LogP contribution in [-0.2, 0) is 78.3 Å². The van der Waals surface area contributed by atoms with Gasteiger partial charge >= 0.3 is 5.97 Å². The molecule has 1 aromatic carbocycles. The largest absolute Gasteiger partial charge is 0.458 e. The number of carbonyl (C=O) groups is 14. The normalized spacial score (nSPS) is 22.2. The van der Waals surface area contributed by atoms with E-state index in [-0.39, 0.29) is 81.5 Å². The number of likely N-dealkylation sites (tertiary alicyclic amines) is 1. The maximum Gasteiger partial charge on any atom is 0.329 e. The number of nitrogens with two attached hydrogens (primary N) is 1. The van der Waals surface area contributed by atoms with Gasteiger partial charge in [-0.2, -0.15) is 0 Å². The molecule has 1 aromatic rings. The molecule has 0 radical (unpaired) electrons. The Hall–Kier alpha value is -8.50. The van der Waals surface area contributed by atoms with Crippen molar-refractivity contribution >= 4 is 82.8 Å². The van der Waals surface area contributed by atoms with Crippen molar-refractivity contribution in [1.29, 1.82) is 0 Å². The Morgan fingerprint density at radius 1 is 0.585 bits per heavy atom. The molecular weight excluding hydrogens is 1360 g/mol. The third kappa shape index (κ3) is 28.3. The molecule has 2 saturated heterocycles. The fourth-order valence-corrected chi connectivity index (χ4v) is 12.5. The van der Waals surface area contributed by atoms with Gasteiger partial charge in [-0.05, 0) is 118 Å². The molecule has 2 aliphatic rings. The van der Waals surface area contributed by atoms with E-state index in [0.717, 1.165) is 6.42 Å². The molecule has 0 spiro atoms. The van der Waals surface area contributed by atoms with Crippen molar-refractivity contribution in [3.8, 4) is 0 Å².